The molecule has 4 fully saturated rings. The Balaban J connectivity index is 1.44. The monoisotopic (exact) mass is 336 g/mol. The van der Waals surface area contributed by atoms with Gasteiger partial charge in [0.25, 0.3) is 0 Å². The molecule has 3 aliphatic carbocycles. The SMILES string of the molecule is CC(C)[C@@]1(OC(=O)O[C@@]2(C(C)C)CCC3CC3C2)CCC2OC2C1. The molecule has 4 unspecified atom stereocenters. The van der Waals surface area contributed by atoms with Crippen molar-refractivity contribution in [3.63, 3.8) is 0 Å². The van der Waals surface area contributed by atoms with Crippen molar-refractivity contribution < 1.29 is 19.0 Å². The van der Waals surface area contributed by atoms with Gasteiger partial charge in [0.05, 0.1) is 12.2 Å². The highest BCUT2D eigenvalue weighted by Crippen LogP contribution is 2.56. The molecule has 0 amide bonds. The van der Waals surface area contributed by atoms with Crippen molar-refractivity contribution in [2.75, 3.05) is 0 Å². The molecule has 136 valence electrons. The molecule has 4 aliphatic rings. The first kappa shape index (κ1) is 16.7. The first-order valence-electron chi connectivity index (χ1n) is 9.91. The number of ether oxygens (including phenoxy) is 3. The zero-order chi connectivity index (χ0) is 17.1. The molecule has 4 rings (SSSR count). The van der Waals surface area contributed by atoms with Crippen molar-refractivity contribution in [3.05, 3.63) is 0 Å². The van der Waals surface area contributed by atoms with Gasteiger partial charge in [0, 0.05) is 6.42 Å². The van der Waals surface area contributed by atoms with E-state index in [1.807, 2.05) is 0 Å². The summed E-state index contributed by atoms with van der Waals surface area (Å²) in [4.78, 5) is 12.8. The minimum absolute atomic E-state index is 0.282. The number of rotatable bonds is 4. The van der Waals surface area contributed by atoms with Gasteiger partial charge in [-0.25, -0.2) is 4.79 Å². The van der Waals surface area contributed by atoms with E-state index in [-0.39, 0.29) is 17.6 Å². The second-order valence-electron chi connectivity index (χ2n) is 9.35. The van der Waals surface area contributed by atoms with Crippen LogP contribution in [0.25, 0.3) is 0 Å². The van der Waals surface area contributed by atoms with Crippen molar-refractivity contribution in [2.24, 2.45) is 23.7 Å². The summed E-state index contributed by atoms with van der Waals surface area (Å²) < 4.78 is 17.7. The molecule has 0 spiro atoms. The fourth-order valence-electron chi connectivity index (χ4n) is 5.15. The lowest BCUT2D eigenvalue weighted by Gasteiger charge is -2.42. The molecule has 0 bridgehead atoms. The average molecular weight is 336 g/mol. The van der Waals surface area contributed by atoms with Crippen LogP contribution in [-0.2, 0) is 14.2 Å². The van der Waals surface area contributed by atoms with Gasteiger partial charge in [-0.1, -0.05) is 27.7 Å². The maximum absolute atomic E-state index is 12.8. The van der Waals surface area contributed by atoms with E-state index in [9.17, 15) is 4.79 Å². The number of carbonyl (C=O) groups excluding carboxylic acids is 1. The lowest BCUT2D eigenvalue weighted by atomic mass is 9.76. The van der Waals surface area contributed by atoms with E-state index in [1.165, 1.54) is 12.8 Å². The van der Waals surface area contributed by atoms with Crippen LogP contribution in [0.4, 0.5) is 4.79 Å². The van der Waals surface area contributed by atoms with E-state index < -0.39 is 11.8 Å². The third kappa shape index (κ3) is 2.85. The van der Waals surface area contributed by atoms with E-state index in [4.69, 9.17) is 14.2 Å². The number of fused-ring (bicyclic) bond motifs is 2. The molecule has 0 aromatic carbocycles. The normalized spacial score (nSPS) is 46.2. The first-order chi connectivity index (χ1) is 11.3. The Kier molecular flexibility index (Phi) is 3.91. The van der Waals surface area contributed by atoms with Gasteiger partial charge < -0.3 is 14.2 Å². The lowest BCUT2D eigenvalue weighted by Crippen LogP contribution is -2.48. The molecule has 1 heterocycles. The summed E-state index contributed by atoms with van der Waals surface area (Å²) in [5.41, 5.74) is -0.732. The number of hydrogen-bond acceptors (Lipinski definition) is 4. The van der Waals surface area contributed by atoms with Crippen LogP contribution in [0.5, 0.6) is 0 Å². The van der Waals surface area contributed by atoms with Crippen LogP contribution in [0, 0.1) is 23.7 Å². The van der Waals surface area contributed by atoms with Gasteiger partial charge in [0.1, 0.15) is 11.2 Å². The van der Waals surface area contributed by atoms with Crippen molar-refractivity contribution in [3.8, 4) is 0 Å². The highest BCUT2D eigenvalue weighted by Gasteiger charge is 2.56. The van der Waals surface area contributed by atoms with E-state index in [0.29, 0.717) is 12.0 Å². The maximum Gasteiger partial charge on any atom is 0.509 e. The molecule has 24 heavy (non-hydrogen) atoms. The average Bonchev–Trinajstić information content (AvgIpc) is 3.40. The van der Waals surface area contributed by atoms with E-state index in [2.05, 4.69) is 27.7 Å². The topological polar surface area (TPSA) is 48.1 Å². The Morgan fingerprint density at radius 2 is 1.54 bits per heavy atom. The summed E-state index contributed by atoms with van der Waals surface area (Å²) in [6, 6.07) is 0. The molecular weight excluding hydrogens is 304 g/mol. The molecule has 0 N–H and O–H groups in total. The third-order valence-corrected chi connectivity index (χ3v) is 7.38. The van der Waals surface area contributed by atoms with Gasteiger partial charge in [-0.15, -0.1) is 0 Å². The highest BCUT2D eigenvalue weighted by molar-refractivity contribution is 5.61. The quantitative estimate of drug-likeness (QED) is 0.551. The Hall–Kier alpha value is -0.770. The Morgan fingerprint density at radius 3 is 2.12 bits per heavy atom. The molecule has 4 heteroatoms. The Morgan fingerprint density at radius 1 is 0.917 bits per heavy atom. The van der Waals surface area contributed by atoms with E-state index >= 15 is 0 Å². The molecule has 1 aliphatic heterocycles. The van der Waals surface area contributed by atoms with Gasteiger partial charge >= 0.3 is 6.16 Å². The smallest absolute Gasteiger partial charge is 0.427 e. The molecule has 0 aromatic heterocycles. The van der Waals surface area contributed by atoms with Gasteiger partial charge in [-0.3, -0.25) is 0 Å². The molecular formula is C20H32O4. The minimum atomic E-state index is -0.449. The predicted octanol–water partition coefficient (Wildman–Crippen LogP) is 4.70. The van der Waals surface area contributed by atoms with Crippen molar-refractivity contribution in [1.29, 1.82) is 0 Å². The minimum Gasteiger partial charge on any atom is -0.427 e. The summed E-state index contributed by atoms with van der Waals surface area (Å²) in [5, 5.41) is 0. The second-order valence-corrected chi connectivity index (χ2v) is 9.35. The van der Waals surface area contributed by atoms with Crippen LogP contribution in [0.1, 0.15) is 72.6 Å². The van der Waals surface area contributed by atoms with Gasteiger partial charge in [0.15, 0.2) is 0 Å². The summed E-state index contributed by atoms with van der Waals surface area (Å²) in [6.45, 7) is 8.64. The third-order valence-electron chi connectivity index (χ3n) is 7.38. The Labute approximate surface area is 145 Å². The molecule has 3 saturated carbocycles. The van der Waals surface area contributed by atoms with E-state index in [1.54, 1.807) is 0 Å². The summed E-state index contributed by atoms with van der Waals surface area (Å²) in [7, 11) is 0. The molecule has 0 aromatic rings. The number of hydrogen-bond donors (Lipinski definition) is 0. The fourth-order valence-corrected chi connectivity index (χ4v) is 5.15. The second kappa shape index (κ2) is 5.62. The zero-order valence-electron chi connectivity index (χ0n) is 15.5. The predicted molar refractivity (Wildman–Crippen MR) is 90.7 cm³/mol. The van der Waals surface area contributed by atoms with Crippen molar-refractivity contribution in [2.45, 2.75) is 96.1 Å². The lowest BCUT2D eigenvalue weighted by molar-refractivity contribution is -0.129. The van der Waals surface area contributed by atoms with Crippen molar-refractivity contribution >= 4 is 6.16 Å². The molecule has 4 nitrogen and oxygen atoms in total. The summed E-state index contributed by atoms with van der Waals surface area (Å²) in [5.74, 6) is 2.28. The van der Waals surface area contributed by atoms with Crippen LogP contribution >= 0.6 is 0 Å². The highest BCUT2D eigenvalue weighted by atomic mass is 16.7. The van der Waals surface area contributed by atoms with Gasteiger partial charge in [0.2, 0.25) is 0 Å². The maximum atomic E-state index is 12.8. The Bertz CT molecular complexity index is 472. The van der Waals surface area contributed by atoms with Crippen LogP contribution in [0.15, 0.2) is 0 Å². The molecule has 1 saturated heterocycles. The summed E-state index contributed by atoms with van der Waals surface area (Å²) >= 11 is 0. The van der Waals surface area contributed by atoms with Gasteiger partial charge in [-0.05, 0) is 62.2 Å². The van der Waals surface area contributed by atoms with Crippen molar-refractivity contribution in [1.82, 2.24) is 0 Å². The van der Waals surface area contributed by atoms with Crippen LogP contribution < -0.4 is 0 Å². The van der Waals surface area contributed by atoms with Crippen LogP contribution in [0.2, 0.25) is 0 Å². The summed E-state index contributed by atoms with van der Waals surface area (Å²) in [6.07, 6.45) is 7.48. The van der Waals surface area contributed by atoms with Crippen LogP contribution in [0.3, 0.4) is 0 Å². The number of epoxide rings is 1. The van der Waals surface area contributed by atoms with Gasteiger partial charge in [-0.2, -0.15) is 0 Å². The van der Waals surface area contributed by atoms with E-state index in [0.717, 1.165) is 43.9 Å². The van der Waals surface area contributed by atoms with Crippen LogP contribution in [-0.4, -0.2) is 29.6 Å². The molecule has 6 atom stereocenters. The fraction of sp³-hybridized carbons (Fsp3) is 0.950. The standard InChI is InChI=1S/C20H32O4/c1-12(2)19(7-5-14-9-15(14)10-19)23-18(21)24-20(13(3)4)8-6-16-17(11-20)22-16/h12-17H,5-11H2,1-4H3/t14?,15?,16?,17?,19-,20+/m0/s1. The first-order valence-corrected chi connectivity index (χ1v) is 9.91. The largest absolute Gasteiger partial charge is 0.509 e. The number of carbonyl (C=O) groups is 1. The molecule has 0 radical (unpaired) electrons. The zero-order valence-corrected chi connectivity index (χ0v) is 15.5.